The third-order valence-corrected chi connectivity index (χ3v) is 6.80. The predicted molar refractivity (Wildman–Crippen MR) is 128 cm³/mol. The highest BCUT2D eigenvalue weighted by Crippen LogP contribution is 2.29. The normalized spacial score (nSPS) is 18.1. The number of likely N-dealkylation sites (tertiary alicyclic amines) is 1. The molecule has 1 atom stereocenters. The van der Waals surface area contributed by atoms with Crippen molar-refractivity contribution in [1.29, 1.82) is 0 Å². The number of rotatable bonds is 5. The Morgan fingerprint density at radius 1 is 1.12 bits per heavy atom. The zero-order chi connectivity index (χ0) is 23.4. The Balaban J connectivity index is 1.34. The summed E-state index contributed by atoms with van der Waals surface area (Å²) in [4.78, 5) is 43.7. The number of hydrogen-bond acceptors (Lipinski definition) is 5. The third-order valence-electron chi connectivity index (χ3n) is 5.58. The molecule has 172 valence electrons. The summed E-state index contributed by atoms with van der Waals surface area (Å²) in [5.74, 6) is -1.46. The van der Waals surface area contributed by atoms with Crippen molar-refractivity contribution in [1.82, 2.24) is 4.90 Å². The SMILES string of the molecule is Cc1ccc(F)cc1NC(=O)c1cccc(NC(=O)CC2SC(N3CCCCC3)=NC2=O)c1. The van der Waals surface area contributed by atoms with Gasteiger partial charge in [0.1, 0.15) is 11.1 Å². The Morgan fingerprint density at radius 3 is 2.70 bits per heavy atom. The third kappa shape index (κ3) is 5.78. The molecule has 0 aliphatic carbocycles. The number of carbonyl (C=O) groups is 3. The summed E-state index contributed by atoms with van der Waals surface area (Å²) in [6, 6.07) is 10.6. The summed E-state index contributed by atoms with van der Waals surface area (Å²) in [5.41, 5.74) is 1.88. The van der Waals surface area contributed by atoms with Gasteiger partial charge >= 0.3 is 0 Å². The fourth-order valence-corrected chi connectivity index (χ4v) is 4.89. The van der Waals surface area contributed by atoms with E-state index in [1.165, 1.54) is 30.3 Å². The van der Waals surface area contributed by atoms with E-state index in [2.05, 4.69) is 20.5 Å². The molecule has 33 heavy (non-hydrogen) atoms. The van der Waals surface area contributed by atoms with Gasteiger partial charge in [-0.15, -0.1) is 0 Å². The molecule has 0 radical (unpaired) electrons. The van der Waals surface area contributed by atoms with Gasteiger partial charge in [-0.05, 0) is 62.1 Å². The van der Waals surface area contributed by atoms with Crippen LogP contribution in [-0.2, 0) is 9.59 Å². The van der Waals surface area contributed by atoms with Crippen molar-refractivity contribution in [2.75, 3.05) is 23.7 Å². The topological polar surface area (TPSA) is 90.9 Å². The van der Waals surface area contributed by atoms with Crippen molar-refractivity contribution in [3.05, 3.63) is 59.4 Å². The molecule has 2 aliphatic heterocycles. The largest absolute Gasteiger partial charge is 0.351 e. The molecule has 2 N–H and O–H groups in total. The van der Waals surface area contributed by atoms with E-state index in [1.54, 1.807) is 37.3 Å². The maximum atomic E-state index is 13.5. The van der Waals surface area contributed by atoms with Gasteiger partial charge in [-0.3, -0.25) is 14.4 Å². The second-order valence-corrected chi connectivity index (χ2v) is 9.30. The number of carbonyl (C=O) groups excluding carboxylic acids is 3. The average Bonchev–Trinajstić information content (AvgIpc) is 3.17. The van der Waals surface area contributed by atoms with Crippen LogP contribution in [0.3, 0.4) is 0 Å². The molecule has 0 spiro atoms. The second kappa shape index (κ2) is 10.2. The van der Waals surface area contributed by atoms with Gasteiger partial charge in [-0.2, -0.15) is 4.99 Å². The summed E-state index contributed by atoms with van der Waals surface area (Å²) in [6.07, 6.45) is 3.36. The number of amidine groups is 1. The Hall–Kier alpha value is -3.20. The Morgan fingerprint density at radius 2 is 1.91 bits per heavy atom. The zero-order valence-corrected chi connectivity index (χ0v) is 19.1. The van der Waals surface area contributed by atoms with E-state index < -0.39 is 17.0 Å². The van der Waals surface area contributed by atoms with Crippen LogP contribution < -0.4 is 10.6 Å². The van der Waals surface area contributed by atoms with Crippen LogP contribution in [0.15, 0.2) is 47.5 Å². The number of benzene rings is 2. The van der Waals surface area contributed by atoms with E-state index in [9.17, 15) is 18.8 Å². The Kier molecular flexibility index (Phi) is 7.08. The van der Waals surface area contributed by atoms with Gasteiger partial charge in [0.05, 0.1) is 0 Å². The summed E-state index contributed by atoms with van der Waals surface area (Å²) in [5, 5.41) is 5.62. The minimum absolute atomic E-state index is 0.00323. The number of piperidine rings is 1. The van der Waals surface area contributed by atoms with Gasteiger partial charge in [0, 0.05) is 36.4 Å². The first-order valence-corrected chi connectivity index (χ1v) is 11.8. The van der Waals surface area contributed by atoms with Crippen LogP contribution in [0, 0.1) is 12.7 Å². The lowest BCUT2D eigenvalue weighted by atomic mass is 10.1. The molecule has 2 aromatic rings. The monoisotopic (exact) mass is 468 g/mol. The highest BCUT2D eigenvalue weighted by Gasteiger charge is 2.33. The van der Waals surface area contributed by atoms with Crippen LogP contribution in [0.5, 0.6) is 0 Å². The van der Waals surface area contributed by atoms with Crippen molar-refractivity contribution in [2.45, 2.75) is 37.9 Å². The van der Waals surface area contributed by atoms with E-state index in [-0.39, 0.29) is 18.2 Å². The minimum Gasteiger partial charge on any atom is -0.351 e. The smallest absolute Gasteiger partial charge is 0.262 e. The molecule has 1 saturated heterocycles. The van der Waals surface area contributed by atoms with E-state index in [0.29, 0.717) is 22.1 Å². The molecule has 1 unspecified atom stereocenters. The quantitative estimate of drug-likeness (QED) is 0.686. The number of anilines is 2. The molecule has 0 saturated carbocycles. The number of halogens is 1. The number of hydrogen-bond donors (Lipinski definition) is 2. The first kappa shape index (κ1) is 23.0. The first-order chi connectivity index (χ1) is 15.9. The van der Waals surface area contributed by atoms with Crippen LogP contribution >= 0.6 is 11.8 Å². The lowest BCUT2D eigenvalue weighted by Gasteiger charge is -2.27. The molecule has 9 heteroatoms. The van der Waals surface area contributed by atoms with Crippen LogP contribution in [0.25, 0.3) is 0 Å². The summed E-state index contributed by atoms with van der Waals surface area (Å²) < 4.78 is 13.5. The molecule has 2 aliphatic rings. The zero-order valence-electron chi connectivity index (χ0n) is 18.3. The predicted octanol–water partition coefficient (Wildman–Crippen LogP) is 4.20. The number of nitrogens with zero attached hydrogens (tertiary/aromatic N) is 2. The molecule has 2 aromatic carbocycles. The molecule has 2 heterocycles. The van der Waals surface area contributed by atoms with Gasteiger partial charge in [-0.1, -0.05) is 23.9 Å². The fraction of sp³-hybridized carbons (Fsp3) is 0.333. The highest BCUT2D eigenvalue weighted by molar-refractivity contribution is 8.15. The van der Waals surface area contributed by atoms with E-state index in [4.69, 9.17) is 0 Å². The Labute approximate surface area is 195 Å². The molecule has 7 nitrogen and oxygen atoms in total. The minimum atomic E-state index is -0.538. The van der Waals surface area contributed by atoms with E-state index in [1.807, 2.05) is 0 Å². The number of aryl methyl sites for hydroxylation is 1. The second-order valence-electron chi connectivity index (χ2n) is 8.13. The maximum Gasteiger partial charge on any atom is 0.262 e. The lowest BCUT2D eigenvalue weighted by molar-refractivity contribution is -0.121. The average molecular weight is 469 g/mol. The number of thioether (sulfide) groups is 1. The van der Waals surface area contributed by atoms with E-state index >= 15 is 0 Å². The van der Waals surface area contributed by atoms with Gasteiger partial charge in [0.25, 0.3) is 11.8 Å². The number of amides is 3. The Bertz CT molecular complexity index is 1110. The summed E-state index contributed by atoms with van der Waals surface area (Å²) >= 11 is 1.35. The van der Waals surface area contributed by atoms with Gasteiger partial charge in [0.2, 0.25) is 5.91 Å². The maximum absolute atomic E-state index is 13.5. The lowest BCUT2D eigenvalue weighted by Crippen LogP contribution is -2.33. The van der Waals surface area contributed by atoms with Crippen molar-refractivity contribution in [3.63, 3.8) is 0 Å². The van der Waals surface area contributed by atoms with Crippen molar-refractivity contribution >= 4 is 46.0 Å². The van der Waals surface area contributed by atoms with Crippen molar-refractivity contribution in [2.24, 2.45) is 4.99 Å². The summed E-state index contributed by atoms with van der Waals surface area (Å²) in [6.45, 7) is 3.55. The molecule has 1 fully saturated rings. The van der Waals surface area contributed by atoms with Gasteiger partial charge < -0.3 is 15.5 Å². The van der Waals surface area contributed by atoms with Crippen molar-refractivity contribution in [3.8, 4) is 0 Å². The van der Waals surface area contributed by atoms with Crippen LogP contribution in [0.1, 0.15) is 41.6 Å². The first-order valence-electron chi connectivity index (χ1n) is 10.9. The molecule has 4 rings (SSSR count). The molecule has 3 amide bonds. The van der Waals surface area contributed by atoms with Crippen molar-refractivity contribution < 1.29 is 18.8 Å². The van der Waals surface area contributed by atoms with Gasteiger partial charge in [0.15, 0.2) is 5.17 Å². The van der Waals surface area contributed by atoms with Crippen LogP contribution in [0.4, 0.5) is 15.8 Å². The molecular formula is C24H25FN4O3S. The van der Waals surface area contributed by atoms with Gasteiger partial charge in [-0.25, -0.2) is 4.39 Å². The molecular weight excluding hydrogens is 443 g/mol. The van der Waals surface area contributed by atoms with E-state index in [0.717, 1.165) is 31.5 Å². The number of aliphatic imine (C=N–C) groups is 1. The fourth-order valence-electron chi connectivity index (χ4n) is 3.77. The molecule has 0 bridgehead atoms. The van der Waals surface area contributed by atoms with Crippen LogP contribution in [-0.4, -0.2) is 46.1 Å². The highest BCUT2D eigenvalue weighted by atomic mass is 32.2. The molecule has 0 aromatic heterocycles. The number of nitrogens with one attached hydrogen (secondary N) is 2. The summed E-state index contributed by atoms with van der Waals surface area (Å²) in [7, 11) is 0. The van der Waals surface area contributed by atoms with Crippen LogP contribution in [0.2, 0.25) is 0 Å². The standard InChI is InChI=1S/C24H25FN4O3S/c1-15-8-9-17(25)13-19(15)27-22(31)16-6-5-7-18(12-16)26-21(30)14-20-23(32)28-24(33-20)29-10-3-2-4-11-29/h5-9,12-13,20H,2-4,10-11,14H2,1H3,(H,26,30)(H,27,31).